The highest BCUT2D eigenvalue weighted by Crippen LogP contribution is 2.12. The number of rotatable bonds is 9. The van der Waals surface area contributed by atoms with Crippen LogP contribution in [0.15, 0.2) is 24.3 Å². The molecule has 1 unspecified atom stereocenters. The molecule has 0 saturated carbocycles. The van der Waals surface area contributed by atoms with Crippen molar-refractivity contribution in [1.29, 1.82) is 0 Å². The standard InChI is InChI=1S/C17H22N2O7/c1-3-25-14(20)9-8-13(16(22)26-4-2)19-15(21)11-6-5-7-12(10-11)18-17(23)24/h5-7,10,13,18H,3-4,8-9H2,1-2H3,(H,19,21)(H,23,24). The molecule has 1 aromatic rings. The molecule has 0 heterocycles. The summed E-state index contributed by atoms with van der Waals surface area (Å²) in [5, 5.41) is 13.4. The van der Waals surface area contributed by atoms with E-state index in [4.69, 9.17) is 14.6 Å². The average Bonchev–Trinajstić information content (AvgIpc) is 2.58. The molecule has 26 heavy (non-hydrogen) atoms. The van der Waals surface area contributed by atoms with Gasteiger partial charge >= 0.3 is 18.0 Å². The molecule has 0 aromatic heterocycles. The minimum absolute atomic E-state index is 0.0243. The lowest BCUT2D eigenvalue weighted by molar-refractivity contribution is -0.146. The van der Waals surface area contributed by atoms with Crippen LogP contribution in [0.4, 0.5) is 10.5 Å². The van der Waals surface area contributed by atoms with Crippen LogP contribution in [0.25, 0.3) is 0 Å². The van der Waals surface area contributed by atoms with E-state index in [1.54, 1.807) is 13.8 Å². The van der Waals surface area contributed by atoms with Gasteiger partial charge in [-0.25, -0.2) is 9.59 Å². The van der Waals surface area contributed by atoms with Crippen LogP contribution < -0.4 is 10.6 Å². The third-order valence-corrected chi connectivity index (χ3v) is 3.19. The number of nitrogens with one attached hydrogen (secondary N) is 2. The molecule has 0 radical (unpaired) electrons. The van der Waals surface area contributed by atoms with Crippen molar-refractivity contribution in [2.24, 2.45) is 0 Å². The summed E-state index contributed by atoms with van der Waals surface area (Å²) in [6, 6.07) is 4.75. The van der Waals surface area contributed by atoms with Gasteiger partial charge in [-0.3, -0.25) is 14.9 Å². The lowest BCUT2D eigenvalue weighted by atomic mass is 10.1. The quantitative estimate of drug-likeness (QED) is 0.568. The van der Waals surface area contributed by atoms with Crippen molar-refractivity contribution >= 4 is 29.6 Å². The summed E-state index contributed by atoms with van der Waals surface area (Å²) in [6.45, 7) is 3.64. The second-order valence-corrected chi connectivity index (χ2v) is 5.13. The van der Waals surface area contributed by atoms with E-state index < -0.39 is 30.0 Å². The first-order valence-electron chi connectivity index (χ1n) is 8.10. The van der Waals surface area contributed by atoms with Gasteiger partial charge in [0, 0.05) is 17.7 Å². The van der Waals surface area contributed by atoms with E-state index >= 15 is 0 Å². The first kappa shape index (κ1) is 20.9. The minimum Gasteiger partial charge on any atom is -0.466 e. The van der Waals surface area contributed by atoms with Gasteiger partial charge in [-0.15, -0.1) is 0 Å². The zero-order chi connectivity index (χ0) is 19.5. The van der Waals surface area contributed by atoms with Crippen LogP contribution >= 0.6 is 0 Å². The predicted octanol–water partition coefficient (Wildman–Crippen LogP) is 1.78. The number of carbonyl (C=O) groups is 4. The summed E-state index contributed by atoms with van der Waals surface area (Å²) in [7, 11) is 0. The third-order valence-electron chi connectivity index (χ3n) is 3.19. The summed E-state index contributed by atoms with van der Waals surface area (Å²) >= 11 is 0. The molecular formula is C17H22N2O7. The molecule has 0 bridgehead atoms. The summed E-state index contributed by atoms with van der Waals surface area (Å²) < 4.78 is 9.72. The van der Waals surface area contributed by atoms with Crippen LogP contribution in [0.2, 0.25) is 0 Å². The molecule has 1 aromatic carbocycles. The SMILES string of the molecule is CCOC(=O)CCC(NC(=O)c1cccc(NC(=O)O)c1)C(=O)OCC. The van der Waals surface area contributed by atoms with Crippen molar-refractivity contribution < 1.29 is 33.8 Å². The lowest BCUT2D eigenvalue weighted by Gasteiger charge is -2.17. The van der Waals surface area contributed by atoms with Gasteiger partial charge in [-0.05, 0) is 38.5 Å². The Kier molecular flexibility index (Phi) is 8.62. The van der Waals surface area contributed by atoms with Gasteiger partial charge in [0.1, 0.15) is 6.04 Å². The molecule has 0 aliphatic heterocycles. The monoisotopic (exact) mass is 366 g/mol. The van der Waals surface area contributed by atoms with Gasteiger partial charge < -0.3 is 19.9 Å². The van der Waals surface area contributed by atoms with Crippen LogP contribution in [0.1, 0.15) is 37.0 Å². The number of hydrogen-bond acceptors (Lipinski definition) is 6. The van der Waals surface area contributed by atoms with Gasteiger partial charge in [0.2, 0.25) is 0 Å². The number of hydrogen-bond donors (Lipinski definition) is 3. The van der Waals surface area contributed by atoms with Crippen LogP contribution in [0, 0.1) is 0 Å². The van der Waals surface area contributed by atoms with E-state index in [0.717, 1.165) is 0 Å². The maximum Gasteiger partial charge on any atom is 0.409 e. The highest BCUT2D eigenvalue weighted by molar-refractivity contribution is 5.98. The Morgan fingerprint density at radius 2 is 1.81 bits per heavy atom. The number of benzene rings is 1. The van der Waals surface area contributed by atoms with E-state index in [1.165, 1.54) is 24.3 Å². The molecule has 9 nitrogen and oxygen atoms in total. The summed E-state index contributed by atoms with van der Waals surface area (Å²) in [5.74, 6) is -1.74. The molecule has 0 aliphatic carbocycles. The van der Waals surface area contributed by atoms with Gasteiger partial charge in [-0.2, -0.15) is 0 Å². The van der Waals surface area contributed by atoms with E-state index in [0.29, 0.717) is 0 Å². The highest BCUT2D eigenvalue weighted by atomic mass is 16.5. The molecule has 1 atom stereocenters. The lowest BCUT2D eigenvalue weighted by Crippen LogP contribution is -2.42. The molecule has 9 heteroatoms. The molecule has 0 saturated heterocycles. The van der Waals surface area contributed by atoms with Crippen molar-refractivity contribution in [2.75, 3.05) is 18.5 Å². The molecule has 142 valence electrons. The second kappa shape index (κ2) is 10.7. The number of ether oxygens (including phenoxy) is 2. The normalized spacial score (nSPS) is 11.2. The zero-order valence-electron chi connectivity index (χ0n) is 14.6. The predicted molar refractivity (Wildman–Crippen MR) is 91.8 cm³/mol. The smallest absolute Gasteiger partial charge is 0.409 e. The zero-order valence-corrected chi connectivity index (χ0v) is 14.6. The van der Waals surface area contributed by atoms with Crippen molar-refractivity contribution in [3.8, 4) is 0 Å². The first-order valence-corrected chi connectivity index (χ1v) is 8.10. The number of carbonyl (C=O) groups excluding carboxylic acids is 3. The average molecular weight is 366 g/mol. The van der Waals surface area contributed by atoms with E-state index in [2.05, 4.69) is 10.6 Å². The van der Waals surface area contributed by atoms with Crippen molar-refractivity contribution in [3.63, 3.8) is 0 Å². The Labute approximate surface area is 150 Å². The fourth-order valence-corrected chi connectivity index (χ4v) is 2.09. The number of anilines is 1. The maximum absolute atomic E-state index is 12.4. The Bertz CT molecular complexity index is 660. The number of amides is 2. The fourth-order valence-electron chi connectivity index (χ4n) is 2.09. The molecule has 1 rings (SSSR count). The molecule has 0 spiro atoms. The topological polar surface area (TPSA) is 131 Å². The van der Waals surface area contributed by atoms with Gasteiger partial charge in [0.15, 0.2) is 0 Å². The summed E-state index contributed by atoms with van der Waals surface area (Å²) in [6.07, 6.45) is -1.30. The van der Waals surface area contributed by atoms with Crippen molar-refractivity contribution in [1.82, 2.24) is 5.32 Å². The minimum atomic E-state index is -1.26. The Balaban J connectivity index is 2.82. The van der Waals surface area contributed by atoms with Gasteiger partial charge in [-0.1, -0.05) is 6.07 Å². The molecular weight excluding hydrogens is 344 g/mol. The van der Waals surface area contributed by atoms with Crippen molar-refractivity contribution in [2.45, 2.75) is 32.7 Å². The van der Waals surface area contributed by atoms with Crippen LogP contribution in [0.5, 0.6) is 0 Å². The van der Waals surface area contributed by atoms with E-state index in [1.807, 2.05) is 0 Å². The molecule has 3 N–H and O–H groups in total. The van der Waals surface area contributed by atoms with Gasteiger partial charge in [0.05, 0.1) is 13.2 Å². The molecule has 0 fully saturated rings. The molecule has 2 amide bonds. The summed E-state index contributed by atoms with van der Waals surface area (Å²) in [5.41, 5.74) is 0.367. The first-order chi connectivity index (χ1) is 12.4. The largest absolute Gasteiger partial charge is 0.466 e. The van der Waals surface area contributed by atoms with E-state index in [-0.39, 0.29) is 37.3 Å². The van der Waals surface area contributed by atoms with E-state index in [9.17, 15) is 19.2 Å². The number of esters is 2. The van der Waals surface area contributed by atoms with Crippen LogP contribution in [-0.4, -0.2) is 48.3 Å². The van der Waals surface area contributed by atoms with Gasteiger partial charge in [0.25, 0.3) is 5.91 Å². The second-order valence-electron chi connectivity index (χ2n) is 5.13. The highest BCUT2D eigenvalue weighted by Gasteiger charge is 2.24. The fraction of sp³-hybridized carbons (Fsp3) is 0.412. The Hall–Kier alpha value is -3.10. The Morgan fingerprint density at radius 1 is 1.12 bits per heavy atom. The van der Waals surface area contributed by atoms with Crippen LogP contribution in [-0.2, 0) is 19.1 Å². The molecule has 0 aliphatic rings. The van der Waals surface area contributed by atoms with Crippen LogP contribution in [0.3, 0.4) is 0 Å². The maximum atomic E-state index is 12.4. The third kappa shape index (κ3) is 7.20. The summed E-state index contributed by atoms with van der Waals surface area (Å²) in [4.78, 5) is 46.5. The Morgan fingerprint density at radius 3 is 2.42 bits per heavy atom. The number of carboxylic acid groups (broad SMARTS) is 1. The van der Waals surface area contributed by atoms with Crippen molar-refractivity contribution in [3.05, 3.63) is 29.8 Å².